The SMILES string of the molecule is CCN(CC)c1ccc(NC2CCN3CCCC3C2)cn1. The van der Waals surface area contributed by atoms with Crippen LogP contribution < -0.4 is 10.2 Å². The number of fused-ring (bicyclic) bond motifs is 1. The Morgan fingerprint density at radius 1 is 1.24 bits per heavy atom. The molecule has 21 heavy (non-hydrogen) atoms. The first kappa shape index (κ1) is 14.6. The number of hydrogen-bond donors (Lipinski definition) is 1. The van der Waals surface area contributed by atoms with Crippen LogP contribution >= 0.6 is 0 Å². The maximum atomic E-state index is 4.61. The summed E-state index contributed by atoms with van der Waals surface area (Å²) < 4.78 is 0. The van der Waals surface area contributed by atoms with E-state index in [-0.39, 0.29) is 0 Å². The van der Waals surface area contributed by atoms with Crippen molar-refractivity contribution in [1.29, 1.82) is 0 Å². The highest BCUT2D eigenvalue weighted by Crippen LogP contribution is 2.28. The van der Waals surface area contributed by atoms with Gasteiger partial charge in [-0.15, -0.1) is 0 Å². The lowest BCUT2D eigenvalue weighted by Crippen LogP contribution is -2.42. The highest BCUT2D eigenvalue weighted by molar-refractivity contribution is 5.49. The van der Waals surface area contributed by atoms with Crippen LogP contribution in [0.4, 0.5) is 11.5 Å². The number of piperidine rings is 1. The van der Waals surface area contributed by atoms with Crippen molar-refractivity contribution in [1.82, 2.24) is 9.88 Å². The van der Waals surface area contributed by atoms with E-state index in [9.17, 15) is 0 Å². The second-order valence-corrected chi connectivity index (χ2v) is 6.28. The topological polar surface area (TPSA) is 31.4 Å². The molecule has 2 aliphatic rings. The van der Waals surface area contributed by atoms with Crippen molar-refractivity contribution in [2.75, 3.05) is 36.4 Å². The molecular formula is C17H28N4. The van der Waals surface area contributed by atoms with Gasteiger partial charge < -0.3 is 15.1 Å². The maximum Gasteiger partial charge on any atom is 0.128 e. The van der Waals surface area contributed by atoms with Crippen molar-refractivity contribution >= 4 is 11.5 Å². The molecule has 0 radical (unpaired) electrons. The maximum absolute atomic E-state index is 4.61. The van der Waals surface area contributed by atoms with Gasteiger partial charge in [-0.25, -0.2) is 4.98 Å². The predicted molar refractivity (Wildman–Crippen MR) is 89.0 cm³/mol. The summed E-state index contributed by atoms with van der Waals surface area (Å²) in [5, 5.41) is 3.69. The molecule has 3 heterocycles. The van der Waals surface area contributed by atoms with E-state index in [0.717, 1.165) is 24.9 Å². The fourth-order valence-electron chi connectivity index (χ4n) is 3.80. The van der Waals surface area contributed by atoms with Crippen LogP contribution in [0.3, 0.4) is 0 Å². The van der Waals surface area contributed by atoms with E-state index >= 15 is 0 Å². The van der Waals surface area contributed by atoms with Gasteiger partial charge in [0.2, 0.25) is 0 Å². The molecule has 1 aromatic heterocycles. The fourth-order valence-corrected chi connectivity index (χ4v) is 3.80. The molecule has 116 valence electrons. The quantitative estimate of drug-likeness (QED) is 0.902. The minimum Gasteiger partial charge on any atom is -0.381 e. The standard InChI is InChI=1S/C17H28N4/c1-3-20(4-2)17-8-7-15(13-18-17)19-14-9-11-21-10-5-6-16(21)12-14/h7-8,13-14,16,19H,3-6,9-12H2,1-2H3. The van der Waals surface area contributed by atoms with Crippen molar-refractivity contribution in [3.8, 4) is 0 Å². The molecule has 4 heteroatoms. The third-order valence-electron chi connectivity index (χ3n) is 5.03. The second-order valence-electron chi connectivity index (χ2n) is 6.28. The molecule has 1 aromatic rings. The summed E-state index contributed by atoms with van der Waals surface area (Å²) >= 11 is 0. The van der Waals surface area contributed by atoms with Gasteiger partial charge >= 0.3 is 0 Å². The molecule has 0 spiro atoms. The Balaban J connectivity index is 1.58. The van der Waals surface area contributed by atoms with E-state index in [4.69, 9.17) is 0 Å². The van der Waals surface area contributed by atoms with Gasteiger partial charge in [-0.3, -0.25) is 0 Å². The van der Waals surface area contributed by atoms with Crippen molar-refractivity contribution in [3.05, 3.63) is 18.3 Å². The molecule has 0 amide bonds. The highest BCUT2D eigenvalue weighted by atomic mass is 15.2. The Labute approximate surface area is 128 Å². The zero-order valence-electron chi connectivity index (χ0n) is 13.4. The van der Waals surface area contributed by atoms with Gasteiger partial charge in [0, 0.05) is 31.7 Å². The highest BCUT2D eigenvalue weighted by Gasteiger charge is 2.31. The molecule has 0 aromatic carbocycles. The fraction of sp³-hybridized carbons (Fsp3) is 0.706. The minimum absolute atomic E-state index is 0.616. The molecule has 1 N–H and O–H groups in total. The molecule has 2 saturated heterocycles. The molecule has 0 aliphatic carbocycles. The minimum atomic E-state index is 0.616. The van der Waals surface area contributed by atoms with Crippen molar-refractivity contribution < 1.29 is 0 Å². The first-order valence-corrected chi connectivity index (χ1v) is 8.51. The molecule has 3 rings (SSSR count). The second kappa shape index (κ2) is 6.65. The van der Waals surface area contributed by atoms with Gasteiger partial charge in [0.1, 0.15) is 5.82 Å². The lowest BCUT2D eigenvalue weighted by molar-refractivity contribution is 0.188. The number of hydrogen-bond acceptors (Lipinski definition) is 4. The van der Waals surface area contributed by atoms with Crippen LogP contribution in [0.15, 0.2) is 18.3 Å². The average molecular weight is 288 g/mol. The summed E-state index contributed by atoms with van der Waals surface area (Å²) in [5.41, 5.74) is 1.17. The number of rotatable bonds is 5. The largest absolute Gasteiger partial charge is 0.381 e. The van der Waals surface area contributed by atoms with Gasteiger partial charge in [-0.1, -0.05) is 0 Å². The monoisotopic (exact) mass is 288 g/mol. The van der Waals surface area contributed by atoms with Gasteiger partial charge in [-0.2, -0.15) is 0 Å². The van der Waals surface area contributed by atoms with E-state index in [0.29, 0.717) is 6.04 Å². The number of anilines is 2. The van der Waals surface area contributed by atoms with E-state index < -0.39 is 0 Å². The third-order valence-corrected chi connectivity index (χ3v) is 5.03. The van der Waals surface area contributed by atoms with Crippen LogP contribution in [0.1, 0.15) is 39.5 Å². The number of nitrogens with one attached hydrogen (secondary N) is 1. The first-order chi connectivity index (χ1) is 10.3. The molecular weight excluding hydrogens is 260 g/mol. The summed E-state index contributed by atoms with van der Waals surface area (Å²) in [5.74, 6) is 1.08. The predicted octanol–water partition coefficient (Wildman–Crippen LogP) is 2.97. The van der Waals surface area contributed by atoms with Crippen LogP contribution in [0.2, 0.25) is 0 Å². The molecule has 0 saturated carbocycles. The Bertz CT molecular complexity index is 441. The Kier molecular flexibility index (Phi) is 4.63. The van der Waals surface area contributed by atoms with Crippen LogP contribution in [0.5, 0.6) is 0 Å². The summed E-state index contributed by atoms with van der Waals surface area (Å²) in [4.78, 5) is 9.55. The lowest BCUT2D eigenvalue weighted by Gasteiger charge is -2.35. The number of nitrogens with zero attached hydrogens (tertiary/aromatic N) is 3. The lowest BCUT2D eigenvalue weighted by atomic mass is 9.97. The Morgan fingerprint density at radius 3 is 2.81 bits per heavy atom. The number of aromatic nitrogens is 1. The summed E-state index contributed by atoms with van der Waals surface area (Å²) in [6.45, 7) is 8.94. The first-order valence-electron chi connectivity index (χ1n) is 8.51. The Hall–Kier alpha value is -1.29. The average Bonchev–Trinajstić information content (AvgIpc) is 2.98. The summed E-state index contributed by atoms with van der Waals surface area (Å²) in [6, 6.07) is 5.76. The van der Waals surface area contributed by atoms with Crippen LogP contribution in [-0.2, 0) is 0 Å². The zero-order valence-corrected chi connectivity index (χ0v) is 13.4. The normalized spacial score (nSPS) is 25.6. The molecule has 2 fully saturated rings. The van der Waals surface area contributed by atoms with E-state index in [1.165, 1.54) is 44.5 Å². The van der Waals surface area contributed by atoms with Gasteiger partial charge in [0.25, 0.3) is 0 Å². The van der Waals surface area contributed by atoms with Gasteiger partial charge in [0.05, 0.1) is 11.9 Å². The van der Waals surface area contributed by atoms with Crippen LogP contribution in [0, 0.1) is 0 Å². The summed E-state index contributed by atoms with van der Waals surface area (Å²) in [6.07, 6.45) is 7.32. The smallest absolute Gasteiger partial charge is 0.128 e. The zero-order chi connectivity index (χ0) is 14.7. The Morgan fingerprint density at radius 2 is 2.10 bits per heavy atom. The van der Waals surface area contributed by atoms with Crippen LogP contribution in [-0.4, -0.2) is 48.1 Å². The molecule has 2 atom stereocenters. The molecule has 0 bridgehead atoms. The van der Waals surface area contributed by atoms with Gasteiger partial charge in [0.15, 0.2) is 0 Å². The molecule has 2 aliphatic heterocycles. The molecule has 4 nitrogen and oxygen atoms in total. The van der Waals surface area contributed by atoms with Crippen LogP contribution in [0.25, 0.3) is 0 Å². The van der Waals surface area contributed by atoms with Gasteiger partial charge in [-0.05, 0) is 58.2 Å². The van der Waals surface area contributed by atoms with Crippen molar-refractivity contribution in [3.63, 3.8) is 0 Å². The third kappa shape index (κ3) is 3.31. The van der Waals surface area contributed by atoms with Crippen molar-refractivity contribution in [2.45, 2.75) is 51.6 Å². The van der Waals surface area contributed by atoms with E-state index in [1.54, 1.807) is 0 Å². The number of pyridine rings is 1. The van der Waals surface area contributed by atoms with Crippen molar-refractivity contribution in [2.24, 2.45) is 0 Å². The van der Waals surface area contributed by atoms with E-state index in [1.807, 2.05) is 6.20 Å². The molecule has 2 unspecified atom stereocenters. The summed E-state index contributed by atoms with van der Waals surface area (Å²) in [7, 11) is 0. The van der Waals surface area contributed by atoms with E-state index in [2.05, 4.69) is 46.1 Å².